The van der Waals surface area contributed by atoms with Crippen LogP contribution in [0.1, 0.15) is 5.89 Å². The number of hydrogen-bond donors (Lipinski definition) is 2. The van der Waals surface area contributed by atoms with Crippen molar-refractivity contribution >= 4 is 29.4 Å². The van der Waals surface area contributed by atoms with Crippen LogP contribution in [0, 0.1) is 6.92 Å². The summed E-state index contributed by atoms with van der Waals surface area (Å²) < 4.78 is 5.37. The minimum atomic E-state index is 0.700. The second kappa shape index (κ2) is 3.92. The van der Waals surface area contributed by atoms with E-state index in [1.807, 2.05) is 25.1 Å². The second-order valence-corrected chi connectivity index (χ2v) is 3.51. The zero-order valence-electron chi connectivity index (χ0n) is 7.95. The van der Waals surface area contributed by atoms with Crippen LogP contribution in [-0.4, -0.2) is 17.3 Å². The minimum Gasteiger partial charge on any atom is -0.441 e. The van der Waals surface area contributed by atoms with Crippen LogP contribution < -0.4 is 5.32 Å². The number of aryl methyl sites for hydroxylation is 1. The molecule has 0 aliphatic rings. The average Bonchev–Trinajstić information content (AvgIpc) is 2.54. The Kier molecular flexibility index (Phi) is 2.63. The van der Waals surface area contributed by atoms with Gasteiger partial charge in [0.2, 0.25) is 0 Å². The van der Waals surface area contributed by atoms with Gasteiger partial charge in [-0.05, 0) is 18.2 Å². The van der Waals surface area contributed by atoms with E-state index in [1.165, 1.54) is 0 Å². The quantitative estimate of drug-likeness (QED) is 0.761. The number of nitrogens with zero attached hydrogens (tertiary/aromatic N) is 1. The molecule has 0 radical (unpaired) electrons. The molecule has 2 rings (SSSR count). The predicted molar refractivity (Wildman–Crippen MR) is 61.1 cm³/mol. The van der Waals surface area contributed by atoms with Crippen LogP contribution in [-0.2, 0) is 0 Å². The Labute approximate surface area is 87.9 Å². The normalized spacial score (nSPS) is 10.7. The average molecular weight is 208 g/mol. The van der Waals surface area contributed by atoms with Gasteiger partial charge < -0.3 is 9.73 Å². The summed E-state index contributed by atoms with van der Waals surface area (Å²) in [5, 5.41) is 3.24. The van der Waals surface area contributed by atoms with E-state index in [9.17, 15) is 0 Å². The van der Waals surface area contributed by atoms with E-state index >= 15 is 0 Å². The second-order valence-electron chi connectivity index (χ2n) is 3.07. The zero-order valence-corrected chi connectivity index (χ0v) is 8.84. The molecule has 1 aromatic carbocycles. The lowest BCUT2D eigenvalue weighted by atomic mass is 10.3. The van der Waals surface area contributed by atoms with Gasteiger partial charge in [0, 0.05) is 24.9 Å². The van der Waals surface area contributed by atoms with Crippen molar-refractivity contribution in [2.45, 2.75) is 6.92 Å². The van der Waals surface area contributed by atoms with Gasteiger partial charge in [0.25, 0.3) is 0 Å². The van der Waals surface area contributed by atoms with Gasteiger partial charge in [-0.3, -0.25) is 0 Å². The van der Waals surface area contributed by atoms with Gasteiger partial charge in [-0.1, -0.05) is 0 Å². The van der Waals surface area contributed by atoms with Crippen molar-refractivity contribution in [1.82, 2.24) is 4.98 Å². The van der Waals surface area contributed by atoms with Crippen LogP contribution in [0.25, 0.3) is 11.1 Å². The highest BCUT2D eigenvalue weighted by atomic mass is 32.1. The first-order valence-corrected chi connectivity index (χ1v) is 5.15. The van der Waals surface area contributed by atoms with Gasteiger partial charge in [0.1, 0.15) is 5.52 Å². The number of rotatable bonds is 3. The molecule has 0 atom stereocenters. The first-order chi connectivity index (χ1) is 6.79. The molecule has 0 bridgehead atoms. The Balaban J connectivity index is 2.31. The highest BCUT2D eigenvalue weighted by Crippen LogP contribution is 2.19. The molecular weight excluding hydrogens is 196 g/mol. The summed E-state index contributed by atoms with van der Waals surface area (Å²) in [6, 6.07) is 5.89. The smallest absolute Gasteiger partial charge is 0.192 e. The fourth-order valence-corrected chi connectivity index (χ4v) is 1.46. The third-order valence-electron chi connectivity index (χ3n) is 1.94. The third-order valence-corrected chi connectivity index (χ3v) is 2.16. The summed E-state index contributed by atoms with van der Waals surface area (Å²) >= 11 is 4.13. The first kappa shape index (κ1) is 9.40. The molecule has 0 aliphatic heterocycles. The van der Waals surface area contributed by atoms with Crippen LogP contribution in [0.4, 0.5) is 5.69 Å². The Morgan fingerprint density at radius 1 is 1.50 bits per heavy atom. The first-order valence-electron chi connectivity index (χ1n) is 4.51. The molecule has 2 aromatic rings. The summed E-state index contributed by atoms with van der Waals surface area (Å²) in [5.41, 5.74) is 2.78. The van der Waals surface area contributed by atoms with Crippen molar-refractivity contribution in [1.29, 1.82) is 0 Å². The summed E-state index contributed by atoms with van der Waals surface area (Å²) in [7, 11) is 0. The van der Waals surface area contributed by atoms with Gasteiger partial charge in [0.05, 0.1) is 0 Å². The molecule has 14 heavy (non-hydrogen) atoms. The van der Waals surface area contributed by atoms with E-state index < -0.39 is 0 Å². The van der Waals surface area contributed by atoms with E-state index in [0.29, 0.717) is 5.89 Å². The van der Waals surface area contributed by atoms with Crippen LogP contribution in [0.2, 0.25) is 0 Å². The van der Waals surface area contributed by atoms with E-state index in [0.717, 1.165) is 29.1 Å². The lowest BCUT2D eigenvalue weighted by Crippen LogP contribution is -2.01. The summed E-state index contributed by atoms with van der Waals surface area (Å²) in [5.74, 6) is 1.52. The highest BCUT2D eigenvalue weighted by molar-refractivity contribution is 7.80. The molecule has 0 fully saturated rings. The molecule has 74 valence electrons. The molecule has 3 nitrogen and oxygen atoms in total. The fourth-order valence-electron chi connectivity index (χ4n) is 1.35. The van der Waals surface area contributed by atoms with Crippen molar-refractivity contribution in [2.24, 2.45) is 0 Å². The minimum absolute atomic E-state index is 0.700. The number of oxazole rings is 1. The van der Waals surface area contributed by atoms with Crippen LogP contribution in [0.5, 0.6) is 0 Å². The summed E-state index contributed by atoms with van der Waals surface area (Å²) in [4.78, 5) is 4.26. The monoisotopic (exact) mass is 208 g/mol. The number of benzene rings is 1. The van der Waals surface area contributed by atoms with Crippen LogP contribution >= 0.6 is 12.6 Å². The van der Waals surface area contributed by atoms with Gasteiger partial charge in [0.15, 0.2) is 11.5 Å². The van der Waals surface area contributed by atoms with Gasteiger partial charge >= 0.3 is 0 Å². The van der Waals surface area contributed by atoms with Crippen LogP contribution in [0.15, 0.2) is 22.6 Å². The largest absolute Gasteiger partial charge is 0.441 e. The molecular formula is C10H12N2OS. The van der Waals surface area contributed by atoms with Crippen molar-refractivity contribution in [3.8, 4) is 0 Å². The van der Waals surface area contributed by atoms with Crippen molar-refractivity contribution in [3.63, 3.8) is 0 Å². The molecule has 1 N–H and O–H groups in total. The van der Waals surface area contributed by atoms with Crippen LogP contribution in [0.3, 0.4) is 0 Å². The molecule has 1 aromatic heterocycles. The molecule has 0 saturated carbocycles. The third kappa shape index (κ3) is 1.85. The number of aromatic nitrogens is 1. The van der Waals surface area contributed by atoms with Gasteiger partial charge in [-0.25, -0.2) is 4.98 Å². The lowest BCUT2D eigenvalue weighted by Gasteiger charge is -2.02. The van der Waals surface area contributed by atoms with Gasteiger partial charge in [-0.2, -0.15) is 12.6 Å². The fraction of sp³-hybridized carbons (Fsp3) is 0.300. The Morgan fingerprint density at radius 3 is 3.14 bits per heavy atom. The SMILES string of the molecule is Cc1nc2cc(NCCS)ccc2o1. The Hall–Kier alpha value is -1.16. The predicted octanol–water partition coefficient (Wildman–Crippen LogP) is 2.48. The summed E-state index contributed by atoms with van der Waals surface area (Å²) in [6.07, 6.45) is 0. The Morgan fingerprint density at radius 2 is 2.36 bits per heavy atom. The topological polar surface area (TPSA) is 38.1 Å². The zero-order chi connectivity index (χ0) is 9.97. The molecule has 0 amide bonds. The van der Waals surface area contributed by atoms with Crippen molar-refractivity contribution in [2.75, 3.05) is 17.6 Å². The van der Waals surface area contributed by atoms with E-state index in [-0.39, 0.29) is 0 Å². The maximum Gasteiger partial charge on any atom is 0.192 e. The molecule has 4 heteroatoms. The standard InChI is InChI=1S/C10H12N2OS/c1-7-12-9-6-8(11-4-5-14)2-3-10(9)13-7/h2-3,6,11,14H,4-5H2,1H3. The molecule has 0 saturated heterocycles. The maximum atomic E-state index is 5.37. The highest BCUT2D eigenvalue weighted by Gasteiger charge is 2.01. The van der Waals surface area contributed by atoms with Crippen molar-refractivity contribution in [3.05, 3.63) is 24.1 Å². The van der Waals surface area contributed by atoms with E-state index in [2.05, 4.69) is 22.9 Å². The molecule has 0 aliphatic carbocycles. The summed E-state index contributed by atoms with van der Waals surface area (Å²) in [6.45, 7) is 2.70. The molecule has 1 heterocycles. The number of thiol groups is 1. The molecule has 0 unspecified atom stereocenters. The molecule has 0 spiro atoms. The van der Waals surface area contributed by atoms with Crippen molar-refractivity contribution < 1.29 is 4.42 Å². The number of anilines is 1. The van der Waals surface area contributed by atoms with E-state index in [4.69, 9.17) is 4.42 Å². The Bertz CT molecular complexity index is 439. The maximum absolute atomic E-state index is 5.37. The van der Waals surface area contributed by atoms with E-state index in [1.54, 1.807) is 0 Å². The van der Waals surface area contributed by atoms with Gasteiger partial charge in [-0.15, -0.1) is 0 Å². The number of nitrogens with one attached hydrogen (secondary N) is 1. The number of fused-ring (bicyclic) bond motifs is 1. The lowest BCUT2D eigenvalue weighted by molar-refractivity contribution is 0.561. The number of hydrogen-bond acceptors (Lipinski definition) is 4.